The molecule has 1 unspecified atom stereocenters. The molecular weight excluding hydrogens is 230 g/mol. The van der Waals surface area contributed by atoms with Crippen LogP contribution in [0.4, 0.5) is 0 Å². The number of unbranched alkanes of at least 4 members (excludes halogenated alkanes) is 1. The largest absolute Gasteiger partial charge is 0.481 e. The van der Waals surface area contributed by atoms with E-state index in [0.29, 0.717) is 6.04 Å². The number of ether oxygens (including phenoxy) is 1. The molecule has 1 saturated heterocycles. The van der Waals surface area contributed by atoms with Gasteiger partial charge >= 0.3 is 5.97 Å². The first-order chi connectivity index (χ1) is 8.47. The first kappa shape index (κ1) is 15.4. The summed E-state index contributed by atoms with van der Waals surface area (Å²) in [6.07, 6.45) is 3.93. The molecule has 18 heavy (non-hydrogen) atoms. The predicted molar refractivity (Wildman–Crippen MR) is 71.7 cm³/mol. The van der Waals surface area contributed by atoms with Crippen molar-refractivity contribution in [2.75, 3.05) is 26.3 Å². The van der Waals surface area contributed by atoms with Gasteiger partial charge in [0.05, 0.1) is 18.6 Å². The van der Waals surface area contributed by atoms with Crippen molar-refractivity contribution in [1.29, 1.82) is 0 Å². The lowest BCUT2D eigenvalue weighted by Gasteiger charge is -2.35. The second kappa shape index (κ2) is 7.10. The van der Waals surface area contributed by atoms with Crippen LogP contribution in [0.5, 0.6) is 0 Å². The number of rotatable bonds is 7. The van der Waals surface area contributed by atoms with Gasteiger partial charge in [0.1, 0.15) is 0 Å². The molecule has 0 spiro atoms. The molecule has 106 valence electrons. The summed E-state index contributed by atoms with van der Waals surface area (Å²) in [4.78, 5) is 13.5. The van der Waals surface area contributed by atoms with Crippen molar-refractivity contribution in [1.82, 2.24) is 4.90 Å². The molecule has 0 bridgehead atoms. The van der Waals surface area contributed by atoms with E-state index in [1.807, 2.05) is 0 Å². The molecule has 0 aromatic rings. The average Bonchev–Trinajstić information content (AvgIpc) is 2.35. The predicted octanol–water partition coefficient (Wildman–Crippen LogP) is 2.38. The van der Waals surface area contributed by atoms with E-state index in [-0.39, 0.29) is 0 Å². The van der Waals surface area contributed by atoms with Gasteiger partial charge in [0, 0.05) is 12.6 Å². The maximum atomic E-state index is 11.0. The van der Waals surface area contributed by atoms with Crippen LogP contribution in [0.25, 0.3) is 0 Å². The van der Waals surface area contributed by atoms with Gasteiger partial charge in [-0.15, -0.1) is 0 Å². The van der Waals surface area contributed by atoms with E-state index in [2.05, 4.69) is 11.8 Å². The highest BCUT2D eigenvalue weighted by molar-refractivity contribution is 5.73. The molecular formula is C14H27NO3. The van der Waals surface area contributed by atoms with Gasteiger partial charge in [0.15, 0.2) is 0 Å². The van der Waals surface area contributed by atoms with Crippen LogP contribution in [0.3, 0.4) is 0 Å². The molecule has 1 aliphatic rings. The van der Waals surface area contributed by atoms with Crippen molar-refractivity contribution in [2.45, 2.75) is 52.5 Å². The van der Waals surface area contributed by atoms with E-state index >= 15 is 0 Å². The number of aliphatic carboxylic acids is 1. The molecule has 4 nitrogen and oxygen atoms in total. The normalized spacial score (nSPS) is 22.1. The summed E-state index contributed by atoms with van der Waals surface area (Å²) in [5, 5.41) is 9.04. The summed E-state index contributed by atoms with van der Waals surface area (Å²) in [5.41, 5.74) is -0.588. The van der Waals surface area contributed by atoms with Gasteiger partial charge in [-0.05, 0) is 39.7 Å². The summed E-state index contributed by atoms with van der Waals surface area (Å²) in [7, 11) is 0. The van der Waals surface area contributed by atoms with Crippen molar-refractivity contribution >= 4 is 5.97 Å². The summed E-state index contributed by atoms with van der Waals surface area (Å²) in [5.74, 6) is -0.694. The van der Waals surface area contributed by atoms with Crippen molar-refractivity contribution in [2.24, 2.45) is 5.41 Å². The van der Waals surface area contributed by atoms with Gasteiger partial charge in [-0.3, -0.25) is 9.69 Å². The van der Waals surface area contributed by atoms with E-state index in [4.69, 9.17) is 9.84 Å². The molecule has 1 fully saturated rings. The van der Waals surface area contributed by atoms with Crippen molar-refractivity contribution < 1.29 is 14.6 Å². The summed E-state index contributed by atoms with van der Waals surface area (Å²) >= 11 is 0. The smallest absolute Gasteiger partial charge is 0.309 e. The lowest BCUT2D eigenvalue weighted by molar-refractivity contribution is -0.147. The van der Waals surface area contributed by atoms with Gasteiger partial charge in [-0.2, -0.15) is 0 Å². The third kappa shape index (κ3) is 4.58. The van der Waals surface area contributed by atoms with Crippen LogP contribution in [0.1, 0.15) is 46.5 Å². The van der Waals surface area contributed by atoms with E-state index in [9.17, 15) is 4.79 Å². The highest BCUT2D eigenvalue weighted by atomic mass is 16.5. The molecule has 0 saturated carbocycles. The topological polar surface area (TPSA) is 49.8 Å². The Hall–Kier alpha value is -0.610. The van der Waals surface area contributed by atoms with Crippen molar-refractivity contribution in [3.63, 3.8) is 0 Å². The van der Waals surface area contributed by atoms with Gasteiger partial charge in [-0.25, -0.2) is 0 Å². The van der Waals surface area contributed by atoms with Crippen molar-refractivity contribution in [3.05, 3.63) is 0 Å². The molecule has 0 amide bonds. The second-order valence-corrected chi connectivity index (χ2v) is 5.82. The molecule has 1 aliphatic heterocycles. The van der Waals surface area contributed by atoms with Crippen LogP contribution in [0.2, 0.25) is 0 Å². The van der Waals surface area contributed by atoms with Crippen LogP contribution in [-0.2, 0) is 9.53 Å². The fourth-order valence-corrected chi connectivity index (χ4v) is 2.35. The van der Waals surface area contributed by atoms with E-state index in [1.54, 1.807) is 13.8 Å². The standard InChI is InChI=1S/C14H27NO3/c1-4-12-11-18-10-9-15(12)8-6-5-7-14(2,3)13(16)17/h12H,4-11H2,1-3H3,(H,16,17). The van der Waals surface area contributed by atoms with Crippen LogP contribution >= 0.6 is 0 Å². The van der Waals surface area contributed by atoms with Gasteiger partial charge in [0.25, 0.3) is 0 Å². The summed E-state index contributed by atoms with van der Waals surface area (Å²) in [6.45, 7) is 9.56. The van der Waals surface area contributed by atoms with Gasteiger partial charge < -0.3 is 9.84 Å². The van der Waals surface area contributed by atoms with E-state index in [0.717, 1.165) is 52.0 Å². The first-order valence-corrected chi connectivity index (χ1v) is 7.02. The third-order valence-corrected chi connectivity index (χ3v) is 3.90. The Kier molecular flexibility index (Phi) is 6.09. The Bertz CT molecular complexity index is 266. The Labute approximate surface area is 110 Å². The Morgan fingerprint density at radius 1 is 1.44 bits per heavy atom. The Morgan fingerprint density at radius 3 is 2.78 bits per heavy atom. The zero-order valence-electron chi connectivity index (χ0n) is 11.9. The fraction of sp³-hybridized carbons (Fsp3) is 0.929. The lowest BCUT2D eigenvalue weighted by Crippen LogP contribution is -2.45. The quantitative estimate of drug-likeness (QED) is 0.711. The minimum Gasteiger partial charge on any atom is -0.481 e. The van der Waals surface area contributed by atoms with Crippen LogP contribution in [0.15, 0.2) is 0 Å². The minimum atomic E-state index is -0.694. The lowest BCUT2D eigenvalue weighted by atomic mass is 9.87. The SMILES string of the molecule is CCC1COCCN1CCCCC(C)(C)C(=O)O. The monoisotopic (exact) mass is 257 g/mol. The van der Waals surface area contributed by atoms with Crippen molar-refractivity contribution in [3.8, 4) is 0 Å². The molecule has 0 aromatic carbocycles. The van der Waals surface area contributed by atoms with Crippen LogP contribution in [-0.4, -0.2) is 48.3 Å². The van der Waals surface area contributed by atoms with Crippen LogP contribution < -0.4 is 0 Å². The highest BCUT2D eigenvalue weighted by Crippen LogP contribution is 2.23. The number of nitrogens with zero attached hydrogens (tertiary/aromatic N) is 1. The first-order valence-electron chi connectivity index (χ1n) is 7.02. The highest BCUT2D eigenvalue weighted by Gasteiger charge is 2.26. The van der Waals surface area contributed by atoms with Crippen LogP contribution in [0, 0.1) is 5.41 Å². The maximum absolute atomic E-state index is 11.0. The third-order valence-electron chi connectivity index (χ3n) is 3.90. The van der Waals surface area contributed by atoms with E-state index < -0.39 is 11.4 Å². The zero-order chi connectivity index (χ0) is 13.6. The fourth-order valence-electron chi connectivity index (χ4n) is 2.35. The average molecular weight is 257 g/mol. The maximum Gasteiger partial charge on any atom is 0.309 e. The second-order valence-electron chi connectivity index (χ2n) is 5.82. The summed E-state index contributed by atoms with van der Waals surface area (Å²) in [6, 6.07) is 0.547. The molecule has 0 aromatic heterocycles. The van der Waals surface area contributed by atoms with E-state index in [1.165, 1.54) is 0 Å². The summed E-state index contributed by atoms with van der Waals surface area (Å²) < 4.78 is 5.48. The number of hydrogen-bond acceptors (Lipinski definition) is 3. The molecule has 1 atom stereocenters. The molecule has 1 rings (SSSR count). The number of carbonyl (C=O) groups is 1. The molecule has 1 N–H and O–H groups in total. The van der Waals surface area contributed by atoms with Gasteiger partial charge in [-0.1, -0.05) is 13.3 Å². The Morgan fingerprint density at radius 2 is 2.17 bits per heavy atom. The molecule has 0 radical (unpaired) electrons. The number of carboxylic acids is 1. The number of hydrogen-bond donors (Lipinski definition) is 1. The van der Waals surface area contributed by atoms with Gasteiger partial charge in [0.2, 0.25) is 0 Å². The Balaban J connectivity index is 2.22. The zero-order valence-corrected chi connectivity index (χ0v) is 11.9. The number of morpholine rings is 1. The molecule has 4 heteroatoms. The number of carboxylic acid groups (broad SMARTS) is 1. The minimum absolute atomic E-state index is 0.547. The molecule has 0 aliphatic carbocycles. The molecule has 1 heterocycles.